The van der Waals surface area contributed by atoms with Crippen molar-refractivity contribution in [1.82, 2.24) is 0 Å². The Morgan fingerprint density at radius 2 is 1.67 bits per heavy atom. The lowest BCUT2D eigenvalue weighted by Gasteiger charge is -2.11. The van der Waals surface area contributed by atoms with E-state index in [2.05, 4.69) is 24.4 Å². The van der Waals surface area contributed by atoms with Crippen molar-refractivity contribution < 1.29 is 0 Å². The van der Waals surface area contributed by atoms with E-state index >= 15 is 0 Å². The van der Waals surface area contributed by atoms with Gasteiger partial charge in [0, 0.05) is 5.69 Å². The molecule has 0 amide bonds. The van der Waals surface area contributed by atoms with E-state index in [0.29, 0.717) is 15.7 Å². The van der Waals surface area contributed by atoms with E-state index in [0.717, 1.165) is 17.8 Å². The first-order chi connectivity index (χ1) is 8.60. The Kier molecular flexibility index (Phi) is 4.00. The number of anilines is 3. The molecule has 0 aromatic heterocycles. The number of hydrogen-bond donors (Lipinski definition) is 2. The zero-order valence-corrected chi connectivity index (χ0v) is 11.5. The maximum absolute atomic E-state index is 5.97. The third-order valence-electron chi connectivity index (χ3n) is 2.73. The second-order valence-corrected chi connectivity index (χ2v) is 4.84. The fourth-order valence-corrected chi connectivity index (χ4v) is 1.99. The van der Waals surface area contributed by atoms with Crippen LogP contribution in [0.25, 0.3) is 0 Å². The molecule has 18 heavy (non-hydrogen) atoms. The van der Waals surface area contributed by atoms with Gasteiger partial charge in [-0.1, -0.05) is 42.3 Å². The van der Waals surface area contributed by atoms with Crippen molar-refractivity contribution in [3.8, 4) is 0 Å². The highest BCUT2D eigenvalue weighted by Crippen LogP contribution is 2.32. The first kappa shape index (κ1) is 13.1. The molecular formula is C14H14Cl2N2. The highest BCUT2D eigenvalue weighted by molar-refractivity contribution is 6.42. The van der Waals surface area contributed by atoms with Crippen LogP contribution in [-0.4, -0.2) is 0 Å². The van der Waals surface area contributed by atoms with Gasteiger partial charge in [0.05, 0.1) is 21.4 Å². The zero-order chi connectivity index (χ0) is 13.1. The molecule has 4 heteroatoms. The quantitative estimate of drug-likeness (QED) is 0.787. The molecule has 3 N–H and O–H groups in total. The Morgan fingerprint density at radius 1 is 1.06 bits per heavy atom. The standard InChI is InChI=1S/C14H14Cl2N2/c1-2-9-3-5-10(6-4-9)18-14-8-12(16)11(15)7-13(14)17/h3-8,18H,2,17H2,1H3. The van der Waals surface area contributed by atoms with Gasteiger partial charge in [-0.15, -0.1) is 0 Å². The molecule has 94 valence electrons. The maximum Gasteiger partial charge on any atom is 0.0633 e. The molecule has 0 unspecified atom stereocenters. The lowest BCUT2D eigenvalue weighted by atomic mass is 10.1. The second kappa shape index (κ2) is 5.51. The molecule has 0 radical (unpaired) electrons. The van der Waals surface area contributed by atoms with Gasteiger partial charge >= 0.3 is 0 Å². The van der Waals surface area contributed by atoms with E-state index in [1.165, 1.54) is 5.56 Å². The Balaban J connectivity index is 2.25. The summed E-state index contributed by atoms with van der Waals surface area (Å²) in [6.07, 6.45) is 1.02. The van der Waals surface area contributed by atoms with E-state index in [9.17, 15) is 0 Å². The summed E-state index contributed by atoms with van der Waals surface area (Å²) in [6, 6.07) is 11.6. The van der Waals surface area contributed by atoms with E-state index < -0.39 is 0 Å². The number of aryl methyl sites for hydroxylation is 1. The lowest BCUT2D eigenvalue weighted by molar-refractivity contribution is 1.14. The zero-order valence-electron chi connectivity index (χ0n) is 10.0. The monoisotopic (exact) mass is 280 g/mol. The van der Waals surface area contributed by atoms with E-state index in [4.69, 9.17) is 28.9 Å². The van der Waals surface area contributed by atoms with E-state index in [1.807, 2.05) is 12.1 Å². The number of nitrogens with two attached hydrogens (primary N) is 1. The summed E-state index contributed by atoms with van der Waals surface area (Å²) in [5, 5.41) is 4.17. The average molecular weight is 281 g/mol. The smallest absolute Gasteiger partial charge is 0.0633 e. The fraction of sp³-hybridized carbons (Fsp3) is 0.143. The summed E-state index contributed by atoms with van der Waals surface area (Å²) in [7, 11) is 0. The average Bonchev–Trinajstić information content (AvgIpc) is 2.37. The Bertz CT molecular complexity index is 550. The van der Waals surface area contributed by atoms with Gasteiger partial charge in [0.25, 0.3) is 0 Å². The van der Waals surface area contributed by atoms with Crippen LogP contribution in [-0.2, 0) is 6.42 Å². The molecule has 0 saturated heterocycles. The van der Waals surface area contributed by atoms with Crippen molar-refractivity contribution in [2.24, 2.45) is 0 Å². The molecule has 2 rings (SSSR count). The Hall–Kier alpha value is -1.38. The van der Waals surface area contributed by atoms with Crippen molar-refractivity contribution in [2.45, 2.75) is 13.3 Å². The van der Waals surface area contributed by atoms with E-state index in [1.54, 1.807) is 12.1 Å². The first-order valence-electron chi connectivity index (χ1n) is 5.70. The van der Waals surface area contributed by atoms with Crippen LogP contribution >= 0.6 is 23.2 Å². The number of halogens is 2. The van der Waals surface area contributed by atoms with Gasteiger partial charge in [-0.2, -0.15) is 0 Å². The fourth-order valence-electron chi connectivity index (χ4n) is 1.65. The van der Waals surface area contributed by atoms with Crippen LogP contribution in [0.5, 0.6) is 0 Å². The molecular weight excluding hydrogens is 267 g/mol. The van der Waals surface area contributed by atoms with Crippen LogP contribution in [0.1, 0.15) is 12.5 Å². The molecule has 2 aromatic carbocycles. The van der Waals surface area contributed by atoms with Crippen molar-refractivity contribution in [1.29, 1.82) is 0 Å². The van der Waals surface area contributed by atoms with Gasteiger partial charge in [-0.3, -0.25) is 0 Å². The number of benzene rings is 2. The summed E-state index contributed by atoms with van der Waals surface area (Å²) in [6.45, 7) is 2.12. The predicted octanol–water partition coefficient (Wildman–Crippen LogP) is 4.88. The first-order valence-corrected chi connectivity index (χ1v) is 6.46. The normalized spacial score (nSPS) is 10.4. The molecule has 0 aliphatic heterocycles. The van der Waals surface area contributed by atoms with Crippen molar-refractivity contribution in [2.75, 3.05) is 11.1 Å². The largest absolute Gasteiger partial charge is 0.397 e. The molecule has 0 atom stereocenters. The lowest BCUT2D eigenvalue weighted by Crippen LogP contribution is -1.96. The number of nitrogens with one attached hydrogen (secondary N) is 1. The van der Waals surface area contributed by atoms with E-state index in [-0.39, 0.29) is 0 Å². The Morgan fingerprint density at radius 3 is 2.28 bits per heavy atom. The highest BCUT2D eigenvalue weighted by atomic mass is 35.5. The van der Waals surface area contributed by atoms with Crippen LogP contribution in [0.3, 0.4) is 0 Å². The summed E-state index contributed by atoms with van der Waals surface area (Å²) in [4.78, 5) is 0. The molecule has 2 aromatic rings. The SMILES string of the molecule is CCc1ccc(Nc2cc(Cl)c(Cl)cc2N)cc1. The molecule has 0 spiro atoms. The van der Waals surface area contributed by atoms with Gasteiger partial charge in [0.15, 0.2) is 0 Å². The maximum atomic E-state index is 5.97. The third-order valence-corrected chi connectivity index (χ3v) is 3.46. The predicted molar refractivity (Wildman–Crippen MR) is 80.0 cm³/mol. The van der Waals surface area contributed by atoms with Gasteiger partial charge in [-0.25, -0.2) is 0 Å². The molecule has 0 bridgehead atoms. The van der Waals surface area contributed by atoms with Gasteiger partial charge < -0.3 is 11.1 Å². The van der Waals surface area contributed by atoms with Gasteiger partial charge in [0.1, 0.15) is 0 Å². The molecule has 0 fully saturated rings. The minimum atomic E-state index is 0.459. The molecule has 0 saturated carbocycles. The van der Waals surface area contributed by atoms with Crippen LogP contribution < -0.4 is 11.1 Å². The van der Waals surface area contributed by atoms with Crippen molar-refractivity contribution >= 4 is 40.3 Å². The van der Waals surface area contributed by atoms with Crippen LogP contribution in [0.2, 0.25) is 10.0 Å². The van der Waals surface area contributed by atoms with Crippen LogP contribution in [0.15, 0.2) is 36.4 Å². The van der Waals surface area contributed by atoms with Crippen LogP contribution in [0, 0.1) is 0 Å². The highest BCUT2D eigenvalue weighted by Gasteiger charge is 2.05. The topological polar surface area (TPSA) is 38.0 Å². The Labute approximate surface area is 117 Å². The summed E-state index contributed by atoms with van der Waals surface area (Å²) in [5.41, 5.74) is 9.48. The van der Waals surface area contributed by atoms with Crippen LogP contribution in [0.4, 0.5) is 17.1 Å². The van der Waals surface area contributed by atoms with Gasteiger partial charge in [-0.05, 0) is 36.2 Å². The summed E-state index contributed by atoms with van der Waals surface area (Å²) >= 11 is 11.9. The molecule has 0 heterocycles. The number of rotatable bonds is 3. The summed E-state index contributed by atoms with van der Waals surface area (Å²) < 4.78 is 0. The minimum Gasteiger partial charge on any atom is -0.397 e. The minimum absolute atomic E-state index is 0.459. The molecule has 2 nitrogen and oxygen atoms in total. The van der Waals surface area contributed by atoms with Crippen molar-refractivity contribution in [3.05, 3.63) is 52.0 Å². The summed E-state index contributed by atoms with van der Waals surface area (Å²) in [5.74, 6) is 0. The second-order valence-electron chi connectivity index (χ2n) is 4.03. The number of hydrogen-bond acceptors (Lipinski definition) is 2. The van der Waals surface area contributed by atoms with Gasteiger partial charge in [0.2, 0.25) is 0 Å². The number of nitrogen functional groups attached to an aromatic ring is 1. The van der Waals surface area contributed by atoms with Crippen molar-refractivity contribution in [3.63, 3.8) is 0 Å². The molecule has 0 aliphatic carbocycles. The molecule has 0 aliphatic rings. The third kappa shape index (κ3) is 2.89.